The van der Waals surface area contributed by atoms with Gasteiger partial charge in [-0.05, 0) is 41.5 Å². The Balaban J connectivity index is 2.08. The summed E-state index contributed by atoms with van der Waals surface area (Å²) in [5.41, 5.74) is 4.27. The van der Waals surface area contributed by atoms with E-state index in [1.807, 2.05) is 11.3 Å². The highest BCUT2D eigenvalue weighted by Gasteiger charge is 2.22. The van der Waals surface area contributed by atoms with Crippen LogP contribution in [0.5, 0.6) is 0 Å². The molecule has 1 aliphatic rings. The summed E-state index contributed by atoms with van der Waals surface area (Å²) < 4.78 is 0. The molecule has 1 aromatic heterocycles. The van der Waals surface area contributed by atoms with Gasteiger partial charge in [-0.25, -0.2) is 0 Å². The zero-order valence-corrected chi connectivity index (χ0v) is 10.2. The first-order chi connectivity index (χ1) is 7.86. The number of fused-ring (bicyclic) bond motifs is 1. The van der Waals surface area contributed by atoms with Gasteiger partial charge >= 0.3 is 0 Å². The maximum absolute atomic E-state index is 3.63. The normalized spacial score (nSPS) is 19.4. The molecule has 1 atom stereocenters. The predicted molar refractivity (Wildman–Crippen MR) is 69.0 cm³/mol. The number of hydrogen-bond acceptors (Lipinski definition) is 2. The molecule has 0 spiro atoms. The fourth-order valence-corrected chi connectivity index (χ4v) is 3.36. The van der Waals surface area contributed by atoms with Gasteiger partial charge in [-0.15, -0.1) is 11.3 Å². The number of nitrogens with one attached hydrogen (secondary N) is 1. The minimum atomic E-state index is 0.399. The second-order valence-electron chi connectivity index (χ2n) is 4.29. The Labute approximate surface area is 100 Å². The molecule has 1 aliphatic heterocycles. The van der Waals surface area contributed by atoms with Gasteiger partial charge in [-0.3, -0.25) is 0 Å². The molecule has 2 heteroatoms. The summed E-state index contributed by atoms with van der Waals surface area (Å²) in [4.78, 5) is 1.55. The van der Waals surface area contributed by atoms with E-state index in [1.165, 1.54) is 23.1 Å². The van der Waals surface area contributed by atoms with E-state index in [-0.39, 0.29) is 0 Å². The van der Waals surface area contributed by atoms with Crippen LogP contribution >= 0.6 is 11.3 Å². The van der Waals surface area contributed by atoms with Crippen molar-refractivity contribution in [2.75, 3.05) is 6.54 Å². The second-order valence-corrected chi connectivity index (χ2v) is 5.29. The van der Waals surface area contributed by atoms with Crippen molar-refractivity contribution in [2.45, 2.75) is 19.4 Å². The van der Waals surface area contributed by atoms with Crippen LogP contribution in [0.4, 0.5) is 0 Å². The molecule has 1 N–H and O–H groups in total. The van der Waals surface area contributed by atoms with Gasteiger partial charge in [0.1, 0.15) is 0 Å². The highest BCUT2D eigenvalue weighted by Crippen LogP contribution is 2.33. The van der Waals surface area contributed by atoms with Gasteiger partial charge in [0, 0.05) is 11.4 Å². The van der Waals surface area contributed by atoms with Crippen molar-refractivity contribution in [2.24, 2.45) is 0 Å². The van der Waals surface area contributed by atoms with E-state index in [4.69, 9.17) is 0 Å². The van der Waals surface area contributed by atoms with E-state index in [0.717, 1.165) is 6.54 Å². The summed E-state index contributed by atoms with van der Waals surface area (Å²) in [6, 6.07) is 11.3. The molecule has 16 heavy (non-hydrogen) atoms. The van der Waals surface area contributed by atoms with E-state index in [2.05, 4.69) is 48.0 Å². The summed E-state index contributed by atoms with van der Waals surface area (Å²) in [5, 5.41) is 5.84. The van der Waals surface area contributed by atoms with Crippen LogP contribution in [0.25, 0.3) is 0 Å². The molecule has 0 radical (unpaired) electrons. The molecule has 1 aromatic carbocycles. The topological polar surface area (TPSA) is 12.0 Å². The number of aryl methyl sites for hydroxylation is 1. The number of thiophene rings is 1. The Kier molecular flexibility index (Phi) is 2.54. The third kappa shape index (κ3) is 1.58. The van der Waals surface area contributed by atoms with Gasteiger partial charge < -0.3 is 5.32 Å². The Bertz CT molecular complexity index is 501. The van der Waals surface area contributed by atoms with Crippen molar-refractivity contribution in [3.05, 3.63) is 57.3 Å². The van der Waals surface area contributed by atoms with Crippen LogP contribution in [0.3, 0.4) is 0 Å². The minimum absolute atomic E-state index is 0.399. The number of benzene rings is 1. The molecule has 0 bridgehead atoms. The van der Waals surface area contributed by atoms with Crippen molar-refractivity contribution in [3.63, 3.8) is 0 Å². The lowest BCUT2D eigenvalue weighted by Gasteiger charge is -2.26. The van der Waals surface area contributed by atoms with Crippen LogP contribution in [0.1, 0.15) is 27.6 Å². The quantitative estimate of drug-likeness (QED) is 0.791. The summed E-state index contributed by atoms with van der Waals surface area (Å²) in [6.07, 6.45) is 1.18. The molecule has 0 saturated carbocycles. The van der Waals surface area contributed by atoms with E-state index in [9.17, 15) is 0 Å². The Hall–Kier alpha value is -1.12. The first-order valence-electron chi connectivity index (χ1n) is 5.71. The van der Waals surface area contributed by atoms with Gasteiger partial charge in [0.15, 0.2) is 0 Å². The van der Waals surface area contributed by atoms with Crippen LogP contribution in [-0.4, -0.2) is 6.54 Å². The molecule has 1 nitrogen and oxygen atoms in total. The zero-order chi connectivity index (χ0) is 11.0. The second kappa shape index (κ2) is 4.04. The summed E-state index contributed by atoms with van der Waals surface area (Å²) in [6.45, 7) is 3.28. The monoisotopic (exact) mass is 229 g/mol. The largest absolute Gasteiger partial charge is 0.306 e. The van der Waals surface area contributed by atoms with Crippen molar-refractivity contribution in [3.8, 4) is 0 Å². The van der Waals surface area contributed by atoms with Gasteiger partial charge in [-0.1, -0.05) is 24.3 Å². The summed E-state index contributed by atoms with van der Waals surface area (Å²) in [5.74, 6) is 0. The first-order valence-corrected chi connectivity index (χ1v) is 6.59. The Morgan fingerprint density at radius 3 is 2.94 bits per heavy atom. The van der Waals surface area contributed by atoms with Crippen molar-refractivity contribution in [1.82, 2.24) is 5.32 Å². The lowest BCUT2D eigenvalue weighted by molar-refractivity contribution is 0.572. The van der Waals surface area contributed by atoms with Gasteiger partial charge in [0.05, 0.1) is 6.04 Å². The molecular formula is C14H15NS. The maximum atomic E-state index is 3.63. The molecule has 0 aliphatic carbocycles. The average Bonchev–Trinajstić information content (AvgIpc) is 2.77. The average molecular weight is 229 g/mol. The van der Waals surface area contributed by atoms with E-state index >= 15 is 0 Å². The van der Waals surface area contributed by atoms with E-state index in [1.54, 1.807) is 4.88 Å². The first kappa shape index (κ1) is 10.1. The van der Waals surface area contributed by atoms with Crippen molar-refractivity contribution >= 4 is 11.3 Å². The number of hydrogen-bond donors (Lipinski definition) is 1. The highest BCUT2D eigenvalue weighted by molar-refractivity contribution is 7.10. The smallest absolute Gasteiger partial charge is 0.0590 e. The van der Waals surface area contributed by atoms with Crippen LogP contribution < -0.4 is 5.32 Å². The van der Waals surface area contributed by atoms with Crippen LogP contribution in [0.15, 0.2) is 35.7 Å². The Morgan fingerprint density at radius 1 is 1.19 bits per heavy atom. The predicted octanol–water partition coefficient (Wildman–Crippen LogP) is 3.29. The van der Waals surface area contributed by atoms with Gasteiger partial charge in [0.25, 0.3) is 0 Å². The fraction of sp³-hybridized carbons (Fsp3) is 0.286. The molecule has 1 unspecified atom stereocenters. The maximum Gasteiger partial charge on any atom is 0.0590 e. The van der Waals surface area contributed by atoms with Crippen molar-refractivity contribution < 1.29 is 0 Å². The zero-order valence-electron chi connectivity index (χ0n) is 9.36. The third-order valence-electron chi connectivity index (χ3n) is 3.29. The van der Waals surface area contributed by atoms with Crippen LogP contribution in [0, 0.1) is 6.92 Å². The third-order valence-corrected chi connectivity index (χ3v) is 4.29. The molecule has 0 fully saturated rings. The summed E-state index contributed by atoms with van der Waals surface area (Å²) in [7, 11) is 0. The summed E-state index contributed by atoms with van der Waals surface area (Å²) >= 11 is 1.89. The molecule has 0 amide bonds. The van der Waals surface area contributed by atoms with Crippen LogP contribution in [-0.2, 0) is 6.42 Å². The lowest BCUT2D eigenvalue weighted by Crippen LogP contribution is -2.29. The lowest BCUT2D eigenvalue weighted by atomic mass is 9.92. The fourth-order valence-electron chi connectivity index (χ4n) is 2.44. The van der Waals surface area contributed by atoms with Gasteiger partial charge in [-0.2, -0.15) is 0 Å². The highest BCUT2D eigenvalue weighted by atomic mass is 32.1. The molecule has 2 heterocycles. The number of rotatable bonds is 1. The Morgan fingerprint density at radius 2 is 2.06 bits per heavy atom. The SMILES string of the molecule is Cc1ccccc1C1NCCc2sccc21. The van der Waals surface area contributed by atoms with Crippen LogP contribution in [0.2, 0.25) is 0 Å². The molecular weight excluding hydrogens is 214 g/mol. The standard InChI is InChI=1S/C14H15NS/c1-10-4-2-3-5-11(10)14-12-7-9-16-13(12)6-8-15-14/h2-5,7,9,14-15H,6,8H2,1H3. The molecule has 0 saturated heterocycles. The van der Waals surface area contributed by atoms with Crippen molar-refractivity contribution in [1.29, 1.82) is 0 Å². The van der Waals surface area contributed by atoms with Gasteiger partial charge in [0.2, 0.25) is 0 Å². The molecule has 82 valence electrons. The molecule has 3 rings (SSSR count). The molecule has 2 aromatic rings. The van der Waals surface area contributed by atoms with E-state index < -0.39 is 0 Å². The minimum Gasteiger partial charge on any atom is -0.306 e. The van der Waals surface area contributed by atoms with E-state index in [0.29, 0.717) is 6.04 Å².